The maximum atomic E-state index is 13.7. The summed E-state index contributed by atoms with van der Waals surface area (Å²) in [6.07, 6.45) is 2.56. The highest BCUT2D eigenvalue weighted by Crippen LogP contribution is 2.28. The van der Waals surface area contributed by atoms with Crippen molar-refractivity contribution in [2.75, 3.05) is 0 Å². The molecule has 0 aliphatic heterocycles. The molecule has 0 saturated carbocycles. The molecule has 1 heterocycles. The first-order valence-electron chi connectivity index (χ1n) is 14.6. The lowest BCUT2D eigenvalue weighted by Gasteiger charge is -2.15. The minimum absolute atomic E-state index is 0.0222. The Hall–Kier alpha value is -4.63. The van der Waals surface area contributed by atoms with E-state index >= 15 is 0 Å². The fraction of sp³-hybridized carbons (Fsp3) is 0.229. The number of unbranched alkanes of at least 4 members (excludes halogenated alkanes) is 1. The van der Waals surface area contributed by atoms with Crippen LogP contribution in [0.25, 0.3) is 22.0 Å². The Morgan fingerprint density at radius 3 is 2.34 bits per heavy atom. The molecule has 4 aromatic carbocycles. The summed E-state index contributed by atoms with van der Waals surface area (Å²) in [5.41, 5.74) is 3.61. The molecule has 1 N–H and O–H groups in total. The summed E-state index contributed by atoms with van der Waals surface area (Å²) in [6, 6.07) is 24.2. The standard InChI is InChI=1S/C35H34FN3O4S/c1-4-5-10-33-37-31-20-17-27(23(2)3)21-30(31)35(41)39(33)22-24-11-13-25(14-12-24)29-8-6-7-9-32(29)44(42,43)38-34(40)26-15-18-28(36)19-16-26/h6-9,11-21,23H,4-5,10,22H2,1-3H3,(H,38,40). The van der Waals surface area contributed by atoms with E-state index in [9.17, 15) is 22.4 Å². The number of aromatic nitrogens is 2. The van der Waals surface area contributed by atoms with Crippen LogP contribution in [0.15, 0.2) is 101 Å². The van der Waals surface area contributed by atoms with Crippen molar-refractivity contribution in [1.29, 1.82) is 0 Å². The zero-order chi connectivity index (χ0) is 31.4. The van der Waals surface area contributed by atoms with Crippen molar-refractivity contribution < 1.29 is 17.6 Å². The number of carbonyl (C=O) groups excluding carboxylic acids is 1. The molecule has 5 aromatic rings. The Morgan fingerprint density at radius 1 is 0.955 bits per heavy atom. The second kappa shape index (κ2) is 12.9. The SMILES string of the molecule is CCCCc1nc2ccc(C(C)C)cc2c(=O)n1Cc1ccc(-c2ccccc2S(=O)(=O)NC(=O)c2ccc(F)cc2)cc1. The zero-order valence-electron chi connectivity index (χ0n) is 24.9. The number of nitrogens with one attached hydrogen (secondary N) is 1. The largest absolute Gasteiger partial charge is 0.292 e. The van der Waals surface area contributed by atoms with Gasteiger partial charge in [0, 0.05) is 17.5 Å². The van der Waals surface area contributed by atoms with Crippen LogP contribution < -0.4 is 10.3 Å². The van der Waals surface area contributed by atoms with E-state index in [1.807, 2.05) is 30.3 Å². The van der Waals surface area contributed by atoms with Gasteiger partial charge in [0.05, 0.1) is 22.3 Å². The van der Waals surface area contributed by atoms with Gasteiger partial charge in [0.2, 0.25) is 0 Å². The van der Waals surface area contributed by atoms with Crippen LogP contribution in [-0.2, 0) is 23.0 Å². The third-order valence-electron chi connectivity index (χ3n) is 7.59. The summed E-state index contributed by atoms with van der Waals surface area (Å²) in [5.74, 6) is -0.372. The predicted molar refractivity (Wildman–Crippen MR) is 171 cm³/mol. The van der Waals surface area contributed by atoms with E-state index in [-0.39, 0.29) is 21.9 Å². The summed E-state index contributed by atoms with van der Waals surface area (Å²) in [7, 11) is -4.25. The molecule has 0 saturated heterocycles. The van der Waals surface area contributed by atoms with Crippen LogP contribution >= 0.6 is 0 Å². The molecule has 0 spiro atoms. The van der Waals surface area contributed by atoms with E-state index in [0.29, 0.717) is 35.0 Å². The first-order chi connectivity index (χ1) is 21.1. The topological polar surface area (TPSA) is 98.1 Å². The second-order valence-electron chi connectivity index (χ2n) is 11.1. The van der Waals surface area contributed by atoms with Crippen LogP contribution in [0, 0.1) is 5.82 Å². The summed E-state index contributed by atoms with van der Waals surface area (Å²) in [5, 5.41) is 0.592. The third kappa shape index (κ3) is 6.63. The predicted octanol–water partition coefficient (Wildman–Crippen LogP) is 6.84. The van der Waals surface area contributed by atoms with Gasteiger partial charge in [-0.05, 0) is 71.5 Å². The Bertz CT molecular complexity index is 1980. The fourth-order valence-corrected chi connectivity index (χ4v) is 6.29. The van der Waals surface area contributed by atoms with Crippen LogP contribution in [0.2, 0.25) is 0 Å². The minimum Gasteiger partial charge on any atom is -0.292 e. The second-order valence-corrected chi connectivity index (χ2v) is 12.7. The summed E-state index contributed by atoms with van der Waals surface area (Å²) < 4.78 is 43.6. The highest BCUT2D eigenvalue weighted by atomic mass is 32.2. The van der Waals surface area contributed by atoms with Crippen molar-refractivity contribution in [2.45, 2.75) is 57.4 Å². The lowest BCUT2D eigenvalue weighted by molar-refractivity contribution is 0.0981. The van der Waals surface area contributed by atoms with Crippen molar-refractivity contribution in [3.63, 3.8) is 0 Å². The van der Waals surface area contributed by atoms with Crippen LogP contribution in [-0.4, -0.2) is 23.9 Å². The Labute approximate surface area is 256 Å². The number of benzene rings is 4. The molecular weight excluding hydrogens is 577 g/mol. The first kappa shape index (κ1) is 30.8. The fourth-order valence-electron chi connectivity index (χ4n) is 5.08. The van der Waals surface area contributed by atoms with Crippen molar-refractivity contribution >= 4 is 26.8 Å². The molecule has 0 fully saturated rings. The number of sulfonamides is 1. The van der Waals surface area contributed by atoms with Crippen LogP contribution in [0.4, 0.5) is 4.39 Å². The van der Waals surface area contributed by atoms with E-state index in [0.717, 1.165) is 41.9 Å². The molecule has 5 rings (SSSR count). The Balaban J connectivity index is 1.45. The molecule has 9 heteroatoms. The molecule has 1 aromatic heterocycles. The quantitative estimate of drug-likeness (QED) is 0.187. The van der Waals surface area contributed by atoms with Crippen LogP contribution in [0.1, 0.15) is 66.8 Å². The van der Waals surface area contributed by atoms with Gasteiger partial charge in [0.1, 0.15) is 11.6 Å². The third-order valence-corrected chi connectivity index (χ3v) is 8.98. The highest BCUT2D eigenvalue weighted by molar-refractivity contribution is 7.90. The van der Waals surface area contributed by atoms with Crippen LogP contribution in [0.5, 0.6) is 0 Å². The molecule has 0 unspecified atom stereocenters. The van der Waals surface area contributed by atoms with Gasteiger partial charge >= 0.3 is 0 Å². The first-order valence-corrected chi connectivity index (χ1v) is 16.1. The molecular formula is C35H34FN3O4S. The molecule has 0 bridgehead atoms. The number of halogens is 1. The molecule has 0 aliphatic rings. The zero-order valence-corrected chi connectivity index (χ0v) is 25.7. The number of aryl methyl sites for hydroxylation is 1. The normalized spacial score (nSPS) is 11.7. The van der Waals surface area contributed by atoms with E-state index in [4.69, 9.17) is 4.98 Å². The number of hydrogen-bond donors (Lipinski definition) is 1. The van der Waals surface area contributed by atoms with Crippen molar-refractivity contribution in [1.82, 2.24) is 14.3 Å². The van der Waals surface area contributed by atoms with E-state index in [1.54, 1.807) is 34.9 Å². The van der Waals surface area contributed by atoms with Gasteiger partial charge in [-0.25, -0.2) is 22.5 Å². The van der Waals surface area contributed by atoms with Gasteiger partial charge in [-0.15, -0.1) is 0 Å². The number of fused-ring (bicyclic) bond motifs is 1. The van der Waals surface area contributed by atoms with Crippen molar-refractivity contribution in [2.24, 2.45) is 0 Å². The van der Waals surface area contributed by atoms with E-state index < -0.39 is 21.7 Å². The molecule has 0 aliphatic carbocycles. The monoisotopic (exact) mass is 611 g/mol. The van der Waals surface area contributed by atoms with Gasteiger partial charge in [-0.3, -0.25) is 14.2 Å². The average Bonchev–Trinajstić information content (AvgIpc) is 3.01. The Morgan fingerprint density at radius 2 is 1.66 bits per heavy atom. The smallest absolute Gasteiger partial charge is 0.265 e. The molecule has 226 valence electrons. The summed E-state index contributed by atoms with van der Waals surface area (Å²) in [6.45, 7) is 6.60. The Kier molecular flexibility index (Phi) is 9.06. The lowest BCUT2D eigenvalue weighted by Crippen LogP contribution is -2.30. The van der Waals surface area contributed by atoms with E-state index in [2.05, 4.69) is 25.5 Å². The van der Waals surface area contributed by atoms with Gasteiger partial charge in [-0.1, -0.05) is 75.7 Å². The maximum Gasteiger partial charge on any atom is 0.265 e. The lowest BCUT2D eigenvalue weighted by atomic mass is 10.0. The van der Waals surface area contributed by atoms with Crippen molar-refractivity contribution in [3.05, 3.63) is 130 Å². The summed E-state index contributed by atoms with van der Waals surface area (Å²) in [4.78, 5) is 31.2. The van der Waals surface area contributed by atoms with Gasteiger partial charge < -0.3 is 0 Å². The molecule has 1 amide bonds. The molecule has 0 atom stereocenters. The van der Waals surface area contributed by atoms with Gasteiger partial charge in [0.15, 0.2) is 0 Å². The van der Waals surface area contributed by atoms with Crippen LogP contribution in [0.3, 0.4) is 0 Å². The molecule has 0 radical (unpaired) electrons. The number of hydrogen-bond acceptors (Lipinski definition) is 5. The maximum absolute atomic E-state index is 13.7. The number of rotatable bonds is 10. The minimum atomic E-state index is -4.25. The number of carbonyl (C=O) groups is 1. The molecule has 44 heavy (non-hydrogen) atoms. The van der Waals surface area contributed by atoms with Gasteiger partial charge in [-0.2, -0.15) is 0 Å². The number of nitrogens with zero attached hydrogens (tertiary/aromatic N) is 2. The highest BCUT2D eigenvalue weighted by Gasteiger charge is 2.23. The average molecular weight is 612 g/mol. The van der Waals surface area contributed by atoms with Gasteiger partial charge in [0.25, 0.3) is 21.5 Å². The summed E-state index contributed by atoms with van der Waals surface area (Å²) >= 11 is 0. The molecule has 7 nitrogen and oxygen atoms in total. The van der Waals surface area contributed by atoms with Crippen molar-refractivity contribution in [3.8, 4) is 11.1 Å². The van der Waals surface area contributed by atoms with E-state index in [1.165, 1.54) is 18.2 Å². The number of amides is 1.